The smallest absolute Gasteiger partial charge is 0.247 e. The number of carbonyl (C=O) groups excluding carboxylic acids is 1. The average molecular weight is 361 g/mol. The molecule has 3 rings (SSSR count). The van der Waals surface area contributed by atoms with E-state index >= 15 is 0 Å². The fourth-order valence-electron chi connectivity index (χ4n) is 2.37. The zero-order chi connectivity index (χ0) is 19.2. The van der Waals surface area contributed by atoms with Crippen LogP contribution in [0.4, 0.5) is 33.1 Å². The third-order valence-electron chi connectivity index (χ3n) is 3.64. The molecule has 134 valence electrons. The van der Waals surface area contributed by atoms with Crippen molar-refractivity contribution in [2.45, 2.75) is 0 Å². The molecule has 0 aliphatic rings. The molecule has 0 unspecified atom stereocenters. The minimum Gasteiger partial charge on any atom is -0.340 e. The maximum Gasteiger partial charge on any atom is 0.247 e. The number of aromatic nitrogens is 2. The molecule has 0 radical (unpaired) electrons. The molecule has 6 nitrogen and oxygen atoms in total. The van der Waals surface area contributed by atoms with Gasteiger partial charge in [0.1, 0.15) is 31.6 Å². The van der Waals surface area contributed by atoms with Gasteiger partial charge in [0.05, 0.1) is 5.69 Å². The predicted octanol–water partition coefficient (Wildman–Crippen LogP) is 2.49. The Labute approximate surface area is 157 Å². The molecule has 0 saturated carbocycles. The third-order valence-corrected chi connectivity index (χ3v) is 3.64. The molecular weight excluding hydrogens is 344 g/mol. The minimum atomic E-state index is -0.353. The quantitative estimate of drug-likeness (QED) is 0.464. The summed E-state index contributed by atoms with van der Waals surface area (Å²) in [6.07, 6.45) is 2.58. The van der Waals surface area contributed by atoms with E-state index in [0.717, 1.165) is 11.2 Å². The van der Waals surface area contributed by atoms with Crippen LogP contribution in [0.15, 0.2) is 67.5 Å². The highest BCUT2D eigenvalue weighted by Crippen LogP contribution is 2.22. The van der Waals surface area contributed by atoms with E-state index in [9.17, 15) is 9.18 Å². The normalized spacial score (nSPS) is 10.1. The van der Waals surface area contributed by atoms with Gasteiger partial charge in [-0.2, -0.15) is 0 Å². The second-order valence-corrected chi connectivity index (χ2v) is 5.80. The summed E-state index contributed by atoms with van der Waals surface area (Å²) in [4.78, 5) is 19.7. The average Bonchev–Trinajstić information content (AvgIpc) is 2.64. The van der Waals surface area contributed by atoms with E-state index in [-0.39, 0.29) is 11.7 Å². The van der Waals surface area contributed by atoms with Crippen molar-refractivity contribution in [1.29, 1.82) is 0 Å². The van der Waals surface area contributed by atoms with Gasteiger partial charge in [0.2, 0.25) is 5.91 Å². The molecule has 1 heterocycles. The van der Waals surface area contributed by atoms with Gasteiger partial charge >= 0.3 is 0 Å². The highest BCUT2D eigenvalue weighted by Gasteiger charge is 2.06. The Morgan fingerprint density at radius 1 is 1.04 bits per heavy atom. The van der Waals surface area contributed by atoms with Gasteiger partial charge in [-0.1, -0.05) is 24.2 Å². The maximum absolute atomic E-state index is 14.0. The number of nitrogens with zero attached hydrogens (tertiary/aromatic N) is 2. The lowest BCUT2D eigenvalue weighted by atomic mass is 9.96. The SMILES string of the molecule is Bc1ccc(Nc2cc(Nc3cccc(NC(=O)C=C)c3)ncn2)c(F)c1. The Morgan fingerprint density at radius 3 is 2.52 bits per heavy atom. The monoisotopic (exact) mass is 361 g/mol. The number of halogens is 1. The van der Waals surface area contributed by atoms with Gasteiger partial charge in [0.25, 0.3) is 0 Å². The van der Waals surface area contributed by atoms with Crippen molar-refractivity contribution in [2.75, 3.05) is 16.0 Å². The van der Waals surface area contributed by atoms with Crippen molar-refractivity contribution < 1.29 is 9.18 Å². The molecule has 27 heavy (non-hydrogen) atoms. The molecule has 0 fully saturated rings. The second-order valence-electron chi connectivity index (χ2n) is 5.80. The van der Waals surface area contributed by atoms with Crippen LogP contribution in [0, 0.1) is 5.82 Å². The minimum absolute atomic E-state index is 0.291. The van der Waals surface area contributed by atoms with E-state index < -0.39 is 0 Å². The first-order chi connectivity index (χ1) is 13.0. The number of anilines is 5. The zero-order valence-electron chi connectivity index (χ0n) is 14.7. The fourth-order valence-corrected chi connectivity index (χ4v) is 2.37. The molecule has 0 spiro atoms. The molecular formula is C19H17BFN5O. The van der Waals surface area contributed by atoms with Crippen molar-refractivity contribution in [1.82, 2.24) is 9.97 Å². The summed E-state index contributed by atoms with van der Waals surface area (Å²) in [6, 6.07) is 13.7. The van der Waals surface area contributed by atoms with E-state index in [1.165, 1.54) is 18.5 Å². The summed E-state index contributed by atoms with van der Waals surface area (Å²) in [5.41, 5.74) is 2.52. The van der Waals surface area contributed by atoms with Gasteiger partial charge in [-0.25, -0.2) is 14.4 Å². The number of carbonyl (C=O) groups is 1. The highest BCUT2D eigenvalue weighted by molar-refractivity contribution is 6.32. The molecule has 0 atom stereocenters. The molecule has 3 N–H and O–H groups in total. The molecule has 0 aliphatic carbocycles. The summed E-state index contributed by atoms with van der Waals surface area (Å²) >= 11 is 0. The van der Waals surface area contributed by atoms with Crippen molar-refractivity contribution in [3.05, 3.63) is 73.3 Å². The van der Waals surface area contributed by atoms with Crippen molar-refractivity contribution >= 4 is 47.9 Å². The van der Waals surface area contributed by atoms with Gasteiger partial charge in [0.15, 0.2) is 0 Å². The number of hydrogen-bond donors (Lipinski definition) is 3. The third kappa shape index (κ3) is 4.91. The van der Waals surface area contributed by atoms with Crippen molar-refractivity contribution in [3.63, 3.8) is 0 Å². The largest absolute Gasteiger partial charge is 0.340 e. The summed E-state index contributed by atoms with van der Waals surface area (Å²) in [6.45, 7) is 3.42. The van der Waals surface area contributed by atoms with E-state index in [1.807, 2.05) is 20.0 Å². The summed E-state index contributed by atoms with van der Waals surface area (Å²) in [5.74, 6) is 0.327. The van der Waals surface area contributed by atoms with Gasteiger partial charge < -0.3 is 16.0 Å². The number of benzene rings is 2. The van der Waals surface area contributed by atoms with E-state index in [0.29, 0.717) is 23.0 Å². The van der Waals surface area contributed by atoms with Crippen molar-refractivity contribution in [3.8, 4) is 0 Å². The van der Waals surface area contributed by atoms with Crippen LogP contribution in [0.2, 0.25) is 0 Å². The molecule has 1 amide bonds. The van der Waals surface area contributed by atoms with Crippen LogP contribution in [0.1, 0.15) is 0 Å². The number of hydrogen-bond acceptors (Lipinski definition) is 5. The number of nitrogens with one attached hydrogen (secondary N) is 3. The topological polar surface area (TPSA) is 78.9 Å². The lowest BCUT2D eigenvalue weighted by Crippen LogP contribution is -2.07. The Balaban J connectivity index is 1.75. The number of amides is 1. The summed E-state index contributed by atoms with van der Waals surface area (Å²) in [5, 5.41) is 8.75. The van der Waals surface area contributed by atoms with Crippen LogP contribution >= 0.6 is 0 Å². The molecule has 1 aromatic heterocycles. The Morgan fingerprint density at radius 2 is 1.78 bits per heavy atom. The van der Waals surface area contributed by atoms with Crippen LogP contribution in [0.3, 0.4) is 0 Å². The second kappa shape index (κ2) is 8.14. The fraction of sp³-hybridized carbons (Fsp3) is 0. The molecule has 2 aromatic carbocycles. The van der Waals surface area contributed by atoms with Gasteiger partial charge in [-0.3, -0.25) is 4.79 Å². The zero-order valence-corrected chi connectivity index (χ0v) is 14.7. The Kier molecular flexibility index (Phi) is 5.46. The van der Waals surface area contributed by atoms with Crippen LogP contribution in [0.25, 0.3) is 0 Å². The highest BCUT2D eigenvalue weighted by atomic mass is 19.1. The molecule has 0 bridgehead atoms. The first kappa shape index (κ1) is 18.1. The van der Waals surface area contributed by atoms with E-state index in [1.54, 1.807) is 30.3 Å². The number of rotatable bonds is 6. The predicted molar refractivity (Wildman–Crippen MR) is 108 cm³/mol. The van der Waals surface area contributed by atoms with E-state index in [2.05, 4.69) is 32.5 Å². The van der Waals surface area contributed by atoms with E-state index in [4.69, 9.17) is 0 Å². The van der Waals surface area contributed by atoms with Crippen LogP contribution in [-0.2, 0) is 4.79 Å². The Bertz CT molecular complexity index is 995. The van der Waals surface area contributed by atoms with Gasteiger partial charge in [0, 0.05) is 17.4 Å². The Hall–Kier alpha value is -3.68. The lowest BCUT2D eigenvalue weighted by molar-refractivity contribution is -0.111. The van der Waals surface area contributed by atoms with Crippen LogP contribution in [-0.4, -0.2) is 23.7 Å². The molecule has 0 saturated heterocycles. The maximum atomic E-state index is 14.0. The van der Waals surface area contributed by atoms with Crippen LogP contribution < -0.4 is 21.4 Å². The first-order valence-corrected chi connectivity index (χ1v) is 8.19. The summed E-state index contributed by atoms with van der Waals surface area (Å²) < 4.78 is 14.0. The van der Waals surface area contributed by atoms with Crippen LogP contribution in [0.5, 0.6) is 0 Å². The standard InChI is InChI=1S/C19H17BFN5O/c1-2-19(27)25-14-5-3-4-13(9-14)24-17-10-18(23-11-22-17)26-16-7-6-12(20)8-15(16)21/h2-11H,1,20H2,(H,25,27)(H2,22,23,24,26). The molecule has 0 aliphatic heterocycles. The van der Waals surface area contributed by atoms with Crippen molar-refractivity contribution in [2.24, 2.45) is 0 Å². The first-order valence-electron chi connectivity index (χ1n) is 8.19. The van der Waals surface area contributed by atoms with Gasteiger partial charge in [-0.15, -0.1) is 0 Å². The molecule has 8 heteroatoms. The summed E-state index contributed by atoms with van der Waals surface area (Å²) in [7, 11) is 1.82. The molecule has 3 aromatic rings. The van der Waals surface area contributed by atoms with Gasteiger partial charge in [-0.05, 0) is 36.4 Å². The lowest BCUT2D eigenvalue weighted by Gasteiger charge is -2.11.